The van der Waals surface area contributed by atoms with Gasteiger partial charge in [-0.25, -0.2) is 0 Å². The predicted octanol–water partition coefficient (Wildman–Crippen LogP) is 1.59. The molecule has 2 aliphatic heterocycles. The molecule has 0 spiro atoms. The van der Waals surface area contributed by atoms with E-state index in [0.717, 1.165) is 32.4 Å². The number of primary amides is 1. The fourth-order valence-electron chi connectivity index (χ4n) is 4.62. The quantitative estimate of drug-likeness (QED) is 0.305. The molecular formula is C24H31N5O3. The van der Waals surface area contributed by atoms with Crippen LogP contribution in [0.3, 0.4) is 0 Å². The number of hydrogen-bond acceptors (Lipinski definition) is 5. The van der Waals surface area contributed by atoms with Crippen LogP contribution in [-0.4, -0.2) is 59.9 Å². The van der Waals surface area contributed by atoms with Crippen molar-refractivity contribution in [2.45, 2.75) is 38.8 Å². The molecule has 2 aliphatic rings. The average Bonchev–Trinajstić information content (AvgIpc) is 2.78. The van der Waals surface area contributed by atoms with Gasteiger partial charge in [0.15, 0.2) is 0 Å². The SMILES string of the molecule is C=N/C=C(\C=C(/C)NC(=O)C(=O)N1CCC2C(CCCN2Cc2ccccc2)C1)C(N)=O. The molecule has 0 saturated carbocycles. The van der Waals surface area contributed by atoms with Crippen molar-refractivity contribution in [2.24, 2.45) is 16.6 Å². The van der Waals surface area contributed by atoms with Gasteiger partial charge in [-0.3, -0.25) is 24.3 Å². The van der Waals surface area contributed by atoms with E-state index in [-0.39, 0.29) is 5.57 Å². The number of carbonyl (C=O) groups excluding carboxylic acids is 3. The van der Waals surface area contributed by atoms with Gasteiger partial charge in [0, 0.05) is 37.6 Å². The molecule has 0 radical (unpaired) electrons. The molecule has 1 aromatic carbocycles. The van der Waals surface area contributed by atoms with Crippen LogP contribution >= 0.6 is 0 Å². The topological polar surface area (TPSA) is 108 Å². The van der Waals surface area contributed by atoms with Gasteiger partial charge in [0.1, 0.15) is 0 Å². The van der Waals surface area contributed by atoms with Crippen molar-refractivity contribution in [3.8, 4) is 0 Å². The van der Waals surface area contributed by atoms with Crippen molar-refractivity contribution < 1.29 is 14.4 Å². The lowest BCUT2D eigenvalue weighted by molar-refractivity contribution is -0.147. The standard InChI is InChI=1S/C24H31N5O3/c1-17(13-20(14-26-2)22(25)30)27-23(31)24(32)29-12-10-21-19(16-29)9-6-11-28(21)15-18-7-4-3-5-8-18/h3-5,7-8,13-14,19,21H,2,6,9-12,15-16H2,1H3,(H2,25,30)(H,27,31)/b17-13+,20-14+. The van der Waals surface area contributed by atoms with Gasteiger partial charge in [0.2, 0.25) is 5.91 Å². The van der Waals surface area contributed by atoms with Crippen LogP contribution < -0.4 is 11.1 Å². The number of nitrogens with one attached hydrogen (secondary N) is 1. The molecule has 32 heavy (non-hydrogen) atoms. The van der Waals surface area contributed by atoms with Crippen LogP contribution in [0.4, 0.5) is 0 Å². The number of amides is 3. The maximum atomic E-state index is 12.8. The Morgan fingerprint density at radius 2 is 1.97 bits per heavy atom. The second kappa shape index (κ2) is 10.9. The van der Waals surface area contributed by atoms with Crippen LogP contribution in [0, 0.1) is 5.92 Å². The Kier molecular flexibility index (Phi) is 7.94. The van der Waals surface area contributed by atoms with Gasteiger partial charge >= 0.3 is 11.8 Å². The lowest BCUT2D eigenvalue weighted by Crippen LogP contribution is -2.56. The first-order valence-corrected chi connectivity index (χ1v) is 10.9. The number of hydrogen-bond donors (Lipinski definition) is 2. The fourth-order valence-corrected chi connectivity index (χ4v) is 4.62. The molecule has 2 atom stereocenters. The molecular weight excluding hydrogens is 406 g/mol. The molecule has 3 rings (SSSR count). The van der Waals surface area contributed by atoms with Crippen molar-refractivity contribution in [1.82, 2.24) is 15.1 Å². The maximum absolute atomic E-state index is 12.8. The molecule has 3 N–H and O–H groups in total. The Morgan fingerprint density at radius 1 is 1.22 bits per heavy atom. The number of piperidine rings is 2. The summed E-state index contributed by atoms with van der Waals surface area (Å²) in [6.07, 6.45) is 5.57. The zero-order valence-corrected chi connectivity index (χ0v) is 18.5. The number of rotatable bonds is 6. The van der Waals surface area contributed by atoms with Gasteiger partial charge in [-0.15, -0.1) is 0 Å². The summed E-state index contributed by atoms with van der Waals surface area (Å²) in [6.45, 7) is 7.97. The van der Waals surface area contributed by atoms with Crippen molar-refractivity contribution in [3.63, 3.8) is 0 Å². The molecule has 8 heteroatoms. The molecule has 0 aliphatic carbocycles. The lowest BCUT2D eigenvalue weighted by atomic mass is 9.83. The van der Waals surface area contributed by atoms with Crippen molar-refractivity contribution in [1.29, 1.82) is 0 Å². The van der Waals surface area contributed by atoms with E-state index in [0.29, 0.717) is 30.7 Å². The number of likely N-dealkylation sites (tertiary alicyclic amines) is 2. The van der Waals surface area contributed by atoms with E-state index in [1.54, 1.807) is 11.8 Å². The second-order valence-corrected chi connectivity index (χ2v) is 8.38. The van der Waals surface area contributed by atoms with Gasteiger partial charge < -0.3 is 16.0 Å². The van der Waals surface area contributed by atoms with Crippen molar-refractivity contribution in [3.05, 3.63) is 59.4 Å². The number of carbonyl (C=O) groups is 3. The third-order valence-corrected chi connectivity index (χ3v) is 6.09. The minimum absolute atomic E-state index is 0.0896. The minimum atomic E-state index is -0.718. The monoisotopic (exact) mass is 437 g/mol. The van der Waals surface area contributed by atoms with Gasteiger partial charge in [0.25, 0.3) is 0 Å². The van der Waals surface area contributed by atoms with Crippen LogP contribution in [-0.2, 0) is 20.9 Å². The van der Waals surface area contributed by atoms with Crippen LogP contribution in [0.1, 0.15) is 31.7 Å². The van der Waals surface area contributed by atoms with Gasteiger partial charge in [-0.05, 0) is 57.0 Å². The molecule has 1 aromatic rings. The molecule has 0 aromatic heterocycles. The number of aliphatic imine (C=N–C) groups is 1. The summed E-state index contributed by atoms with van der Waals surface area (Å²) < 4.78 is 0. The lowest BCUT2D eigenvalue weighted by Gasteiger charge is -2.47. The predicted molar refractivity (Wildman–Crippen MR) is 123 cm³/mol. The highest BCUT2D eigenvalue weighted by molar-refractivity contribution is 6.35. The Balaban J connectivity index is 1.59. The third kappa shape index (κ3) is 5.91. The van der Waals surface area contributed by atoms with Gasteiger partial charge in [0.05, 0.1) is 5.57 Å². The van der Waals surface area contributed by atoms with E-state index in [9.17, 15) is 14.4 Å². The highest BCUT2D eigenvalue weighted by atomic mass is 16.2. The number of fused-ring (bicyclic) bond motifs is 1. The molecule has 0 bridgehead atoms. The number of benzene rings is 1. The molecule has 170 valence electrons. The smallest absolute Gasteiger partial charge is 0.313 e. The number of nitrogens with zero attached hydrogens (tertiary/aromatic N) is 3. The molecule has 2 saturated heterocycles. The largest absolute Gasteiger partial charge is 0.366 e. The summed E-state index contributed by atoms with van der Waals surface area (Å²) in [5, 5.41) is 2.54. The van der Waals surface area contributed by atoms with Crippen LogP contribution in [0.2, 0.25) is 0 Å². The van der Waals surface area contributed by atoms with E-state index >= 15 is 0 Å². The summed E-state index contributed by atoms with van der Waals surface area (Å²) in [7, 11) is 0. The second-order valence-electron chi connectivity index (χ2n) is 8.38. The Bertz CT molecular complexity index is 925. The van der Waals surface area contributed by atoms with E-state index in [1.807, 2.05) is 6.07 Å². The van der Waals surface area contributed by atoms with E-state index < -0.39 is 17.7 Å². The molecule has 3 amide bonds. The van der Waals surface area contributed by atoms with Crippen molar-refractivity contribution in [2.75, 3.05) is 19.6 Å². The van der Waals surface area contributed by atoms with Crippen molar-refractivity contribution >= 4 is 24.4 Å². The van der Waals surface area contributed by atoms with Crippen LogP contribution in [0.25, 0.3) is 0 Å². The zero-order valence-electron chi connectivity index (χ0n) is 18.5. The zero-order chi connectivity index (χ0) is 23.1. The number of nitrogens with two attached hydrogens (primary N) is 1. The summed E-state index contributed by atoms with van der Waals surface area (Å²) >= 11 is 0. The van der Waals surface area contributed by atoms with Gasteiger partial charge in [-0.2, -0.15) is 0 Å². The van der Waals surface area contributed by atoms with Crippen LogP contribution in [0.15, 0.2) is 58.9 Å². The highest BCUT2D eigenvalue weighted by Gasteiger charge is 2.38. The fraction of sp³-hybridized carbons (Fsp3) is 0.417. The molecule has 2 unspecified atom stereocenters. The first-order chi connectivity index (χ1) is 15.4. The first kappa shape index (κ1) is 23.4. The highest BCUT2D eigenvalue weighted by Crippen LogP contribution is 2.31. The Morgan fingerprint density at radius 3 is 2.66 bits per heavy atom. The summed E-state index contributed by atoms with van der Waals surface area (Å²) in [4.78, 5) is 44.3. The van der Waals surface area contributed by atoms with E-state index in [4.69, 9.17) is 5.73 Å². The maximum Gasteiger partial charge on any atom is 0.313 e. The molecule has 2 fully saturated rings. The average molecular weight is 438 g/mol. The summed E-state index contributed by atoms with van der Waals surface area (Å²) in [5.74, 6) is -1.61. The summed E-state index contributed by atoms with van der Waals surface area (Å²) in [5.41, 5.74) is 6.99. The molecule has 8 nitrogen and oxygen atoms in total. The van der Waals surface area contributed by atoms with Crippen LogP contribution in [0.5, 0.6) is 0 Å². The number of allylic oxidation sites excluding steroid dienone is 1. The third-order valence-electron chi connectivity index (χ3n) is 6.09. The first-order valence-electron chi connectivity index (χ1n) is 10.9. The van der Waals surface area contributed by atoms with E-state index in [1.165, 1.54) is 17.8 Å². The Hall–Kier alpha value is -3.26. The normalized spacial score (nSPS) is 22.1. The van der Waals surface area contributed by atoms with E-state index in [2.05, 4.69) is 46.2 Å². The molecule has 2 heterocycles. The summed E-state index contributed by atoms with van der Waals surface area (Å²) in [6, 6.07) is 10.9. The van der Waals surface area contributed by atoms with Gasteiger partial charge in [-0.1, -0.05) is 30.3 Å². The Labute approximate surface area is 188 Å². The minimum Gasteiger partial charge on any atom is -0.366 e.